The summed E-state index contributed by atoms with van der Waals surface area (Å²) in [6, 6.07) is 4.54. The minimum Gasteiger partial charge on any atom is -0.334 e. The fraction of sp³-hybridized carbons (Fsp3) is 0.417. The van der Waals surface area contributed by atoms with Crippen LogP contribution in [0.3, 0.4) is 0 Å². The van der Waals surface area contributed by atoms with Gasteiger partial charge in [-0.25, -0.2) is 4.98 Å². The summed E-state index contributed by atoms with van der Waals surface area (Å²) in [6.07, 6.45) is 4.15. The van der Waals surface area contributed by atoms with Crippen molar-refractivity contribution in [2.75, 3.05) is 13.1 Å². The molecule has 1 aromatic heterocycles. The summed E-state index contributed by atoms with van der Waals surface area (Å²) in [5.41, 5.74) is 5.32. The lowest BCUT2D eigenvalue weighted by atomic mass is 10.0. The summed E-state index contributed by atoms with van der Waals surface area (Å²) in [4.78, 5) is 4.40. The van der Waals surface area contributed by atoms with E-state index in [1.807, 2.05) is 6.33 Å². The Labute approximate surface area is 89.1 Å². The number of hydrogen-bond donors (Lipinski definition) is 1. The van der Waals surface area contributed by atoms with Crippen LogP contribution in [0.15, 0.2) is 18.5 Å². The number of fused-ring (bicyclic) bond motifs is 2. The predicted octanol–water partition coefficient (Wildman–Crippen LogP) is 1.26. The van der Waals surface area contributed by atoms with Crippen LogP contribution in [-0.2, 0) is 19.9 Å². The number of benzene rings is 1. The minimum absolute atomic E-state index is 1.09. The molecule has 0 amide bonds. The van der Waals surface area contributed by atoms with Crippen LogP contribution in [0.25, 0.3) is 11.0 Å². The van der Waals surface area contributed by atoms with Crippen LogP contribution in [0.4, 0.5) is 0 Å². The number of rotatable bonds is 0. The fourth-order valence-electron chi connectivity index (χ4n) is 2.30. The van der Waals surface area contributed by atoms with Crippen LogP contribution < -0.4 is 5.32 Å². The van der Waals surface area contributed by atoms with Gasteiger partial charge in [0, 0.05) is 7.05 Å². The van der Waals surface area contributed by atoms with Crippen LogP contribution in [0.5, 0.6) is 0 Å². The van der Waals surface area contributed by atoms with E-state index in [1.54, 1.807) is 0 Å². The molecule has 3 nitrogen and oxygen atoms in total. The van der Waals surface area contributed by atoms with Gasteiger partial charge in [0.1, 0.15) is 0 Å². The molecule has 0 fully saturated rings. The van der Waals surface area contributed by atoms with E-state index in [-0.39, 0.29) is 0 Å². The van der Waals surface area contributed by atoms with Crippen molar-refractivity contribution in [2.45, 2.75) is 12.8 Å². The molecule has 3 heteroatoms. The van der Waals surface area contributed by atoms with Gasteiger partial charge in [0.25, 0.3) is 0 Å². The van der Waals surface area contributed by atoms with Gasteiger partial charge in [0.15, 0.2) is 0 Å². The van der Waals surface area contributed by atoms with Crippen LogP contribution in [0.1, 0.15) is 11.1 Å². The standard InChI is InChI=1S/C12H15N3/c1-15-8-14-11-6-9-2-4-13-5-3-10(9)7-12(11)15/h6-8,13H,2-5H2,1H3. The van der Waals surface area contributed by atoms with Crippen molar-refractivity contribution in [1.82, 2.24) is 14.9 Å². The molecule has 1 N–H and O–H groups in total. The molecule has 0 aliphatic carbocycles. The molecule has 1 aliphatic heterocycles. The maximum atomic E-state index is 4.40. The molecule has 0 saturated carbocycles. The van der Waals surface area contributed by atoms with E-state index in [4.69, 9.17) is 0 Å². The zero-order valence-electron chi connectivity index (χ0n) is 8.95. The van der Waals surface area contributed by atoms with Crippen molar-refractivity contribution in [3.05, 3.63) is 29.6 Å². The van der Waals surface area contributed by atoms with E-state index in [0.29, 0.717) is 0 Å². The molecular weight excluding hydrogens is 186 g/mol. The highest BCUT2D eigenvalue weighted by molar-refractivity contribution is 5.77. The van der Waals surface area contributed by atoms with Crippen LogP contribution in [0, 0.1) is 0 Å². The highest BCUT2D eigenvalue weighted by atomic mass is 15.0. The Kier molecular flexibility index (Phi) is 1.99. The Morgan fingerprint density at radius 1 is 1.20 bits per heavy atom. The van der Waals surface area contributed by atoms with E-state index < -0.39 is 0 Å². The molecule has 3 rings (SSSR count). The molecule has 1 aliphatic rings. The van der Waals surface area contributed by atoms with E-state index >= 15 is 0 Å². The molecule has 0 atom stereocenters. The first kappa shape index (κ1) is 8.92. The average Bonchev–Trinajstić information content (AvgIpc) is 2.49. The second kappa shape index (κ2) is 3.35. The lowest BCUT2D eigenvalue weighted by molar-refractivity contribution is 0.711. The van der Waals surface area contributed by atoms with Crippen LogP contribution >= 0.6 is 0 Å². The summed E-state index contributed by atoms with van der Waals surface area (Å²) in [6.45, 7) is 2.18. The molecule has 0 unspecified atom stereocenters. The van der Waals surface area contributed by atoms with Crippen molar-refractivity contribution in [3.8, 4) is 0 Å². The first-order chi connectivity index (χ1) is 7.34. The van der Waals surface area contributed by atoms with Crippen molar-refractivity contribution in [1.29, 1.82) is 0 Å². The zero-order valence-corrected chi connectivity index (χ0v) is 8.95. The lowest BCUT2D eigenvalue weighted by Crippen LogP contribution is -2.16. The third-order valence-electron chi connectivity index (χ3n) is 3.19. The van der Waals surface area contributed by atoms with Gasteiger partial charge in [-0.3, -0.25) is 0 Å². The summed E-state index contributed by atoms with van der Waals surface area (Å²) < 4.78 is 2.09. The van der Waals surface area contributed by atoms with Gasteiger partial charge in [-0.1, -0.05) is 0 Å². The molecule has 0 radical (unpaired) electrons. The van der Waals surface area contributed by atoms with E-state index in [0.717, 1.165) is 31.4 Å². The van der Waals surface area contributed by atoms with E-state index in [9.17, 15) is 0 Å². The topological polar surface area (TPSA) is 29.9 Å². The maximum Gasteiger partial charge on any atom is 0.0955 e. The zero-order chi connectivity index (χ0) is 10.3. The van der Waals surface area contributed by atoms with Crippen LogP contribution in [0.2, 0.25) is 0 Å². The second-order valence-corrected chi connectivity index (χ2v) is 4.22. The average molecular weight is 201 g/mol. The molecule has 2 heterocycles. The number of aryl methyl sites for hydroxylation is 1. The SMILES string of the molecule is Cn1cnc2cc3c(cc21)CCNCC3. The molecule has 78 valence electrons. The number of hydrogen-bond acceptors (Lipinski definition) is 2. The highest BCUT2D eigenvalue weighted by Crippen LogP contribution is 2.20. The van der Waals surface area contributed by atoms with Crippen molar-refractivity contribution in [2.24, 2.45) is 7.05 Å². The Balaban J connectivity index is 2.22. The smallest absolute Gasteiger partial charge is 0.0955 e. The summed E-state index contributed by atoms with van der Waals surface area (Å²) in [5, 5.41) is 3.43. The van der Waals surface area contributed by atoms with Gasteiger partial charge in [-0.2, -0.15) is 0 Å². The highest BCUT2D eigenvalue weighted by Gasteiger charge is 2.10. The van der Waals surface area contributed by atoms with Gasteiger partial charge < -0.3 is 9.88 Å². The van der Waals surface area contributed by atoms with Gasteiger partial charge >= 0.3 is 0 Å². The first-order valence-corrected chi connectivity index (χ1v) is 5.48. The minimum atomic E-state index is 1.09. The summed E-state index contributed by atoms with van der Waals surface area (Å²) >= 11 is 0. The molecule has 0 spiro atoms. The first-order valence-electron chi connectivity index (χ1n) is 5.48. The number of imidazole rings is 1. The van der Waals surface area contributed by atoms with Crippen LogP contribution in [-0.4, -0.2) is 22.6 Å². The Hall–Kier alpha value is -1.35. The van der Waals surface area contributed by atoms with Gasteiger partial charge in [0.2, 0.25) is 0 Å². The third-order valence-corrected chi connectivity index (χ3v) is 3.19. The van der Waals surface area contributed by atoms with E-state index in [1.165, 1.54) is 16.6 Å². The Morgan fingerprint density at radius 3 is 2.73 bits per heavy atom. The van der Waals surface area contributed by atoms with Crippen molar-refractivity contribution < 1.29 is 0 Å². The number of nitrogens with one attached hydrogen (secondary N) is 1. The van der Waals surface area contributed by atoms with Gasteiger partial charge in [-0.15, -0.1) is 0 Å². The molecule has 15 heavy (non-hydrogen) atoms. The molecule has 0 bridgehead atoms. The quantitative estimate of drug-likeness (QED) is 0.695. The van der Waals surface area contributed by atoms with E-state index in [2.05, 4.69) is 34.0 Å². The lowest BCUT2D eigenvalue weighted by Gasteiger charge is -2.05. The summed E-state index contributed by atoms with van der Waals surface area (Å²) in [5.74, 6) is 0. The molecule has 1 aromatic carbocycles. The van der Waals surface area contributed by atoms with Crippen molar-refractivity contribution in [3.63, 3.8) is 0 Å². The normalized spacial score (nSPS) is 16.3. The predicted molar refractivity (Wildman–Crippen MR) is 61.0 cm³/mol. The fourth-order valence-corrected chi connectivity index (χ4v) is 2.30. The third kappa shape index (κ3) is 1.43. The number of aromatic nitrogens is 2. The largest absolute Gasteiger partial charge is 0.334 e. The number of nitrogens with zero attached hydrogens (tertiary/aromatic N) is 2. The van der Waals surface area contributed by atoms with Gasteiger partial charge in [-0.05, 0) is 49.2 Å². The molecular formula is C12H15N3. The summed E-state index contributed by atoms with van der Waals surface area (Å²) in [7, 11) is 2.05. The van der Waals surface area contributed by atoms with Crippen molar-refractivity contribution >= 4 is 11.0 Å². The molecule has 2 aromatic rings. The van der Waals surface area contributed by atoms with Gasteiger partial charge in [0.05, 0.1) is 17.4 Å². The maximum absolute atomic E-state index is 4.40. The monoisotopic (exact) mass is 201 g/mol. The molecule has 0 saturated heterocycles. The Bertz CT molecular complexity index is 499. The second-order valence-electron chi connectivity index (χ2n) is 4.22. The Morgan fingerprint density at radius 2 is 1.93 bits per heavy atom.